The lowest BCUT2D eigenvalue weighted by atomic mass is 10.0. The van der Waals surface area contributed by atoms with E-state index in [1.165, 1.54) is 6.07 Å². The molecule has 1 aromatic carbocycles. The number of primary amides is 1. The number of alkyl halides is 3. The third-order valence-corrected chi connectivity index (χ3v) is 2.81. The smallest absolute Gasteiger partial charge is 0.417 e. The normalized spacial score (nSPS) is 12.8. The fourth-order valence-electron chi connectivity index (χ4n) is 1.83. The number of halogens is 3. The van der Waals surface area contributed by atoms with Gasteiger partial charge in [-0.15, -0.1) is 0 Å². The molecule has 116 valence electrons. The molecule has 8 heteroatoms. The zero-order chi connectivity index (χ0) is 16.2. The number of carboxylic acid groups (broad SMARTS) is 1. The van der Waals surface area contributed by atoms with Crippen LogP contribution in [0.15, 0.2) is 18.2 Å². The Labute approximate surface area is 118 Å². The van der Waals surface area contributed by atoms with E-state index in [-0.39, 0.29) is 12.1 Å². The molecular weight excluding hydrogens is 289 g/mol. The number of hydrogen-bond acceptors (Lipinski definition) is 3. The molecule has 0 aliphatic heterocycles. The van der Waals surface area contributed by atoms with E-state index in [1.54, 1.807) is 6.92 Å². The third kappa shape index (κ3) is 4.37. The van der Waals surface area contributed by atoms with E-state index in [0.29, 0.717) is 12.5 Å². The van der Waals surface area contributed by atoms with Crippen molar-refractivity contribution in [2.45, 2.75) is 32.0 Å². The number of hydrogen-bond donors (Lipinski definition) is 3. The monoisotopic (exact) mass is 304 g/mol. The predicted octanol–water partition coefficient (Wildman–Crippen LogP) is 2.47. The molecule has 1 rings (SSSR count). The largest absolute Gasteiger partial charge is 0.480 e. The lowest BCUT2D eigenvalue weighted by Gasteiger charge is -2.17. The highest BCUT2D eigenvalue weighted by Crippen LogP contribution is 2.34. The van der Waals surface area contributed by atoms with Gasteiger partial charge in [0.15, 0.2) is 0 Å². The van der Waals surface area contributed by atoms with Gasteiger partial charge in [-0.3, -0.25) is 4.79 Å². The van der Waals surface area contributed by atoms with Crippen molar-refractivity contribution in [3.05, 3.63) is 29.3 Å². The van der Waals surface area contributed by atoms with Crippen LogP contribution in [-0.2, 0) is 11.0 Å². The summed E-state index contributed by atoms with van der Waals surface area (Å²) < 4.78 is 38.6. The zero-order valence-corrected chi connectivity index (χ0v) is 11.2. The van der Waals surface area contributed by atoms with Gasteiger partial charge in [-0.2, -0.15) is 13.2 Å². The van der Waals surface area contributed by atoms with Crippen molar-refractivity contribution in [2.24, 2.45) is 5.73 Å². The Kier molecular flexibility index (Phi) is 5.17. The Balaban J connectivity index is 3.16. The number of carbonyl (C=O) groups excluding carboxylic acids is 1. The van der Waals surface area contributed by atoms with Gasteiger partial charge in [-0.05, 0) is 24.6 Å². The van der Waals surface area contributed by atoms with Crippen LogP contribution in [0.2, 0.25) is 0 Å². The van der Waals surface area contributed by atoms with Gasteiger partial charge in [-0.25, -0.2) is 4.79 Å². The van der Waals surface area contributed by atoms with Crippen molar-refractivity contribution in [2.75, 3.05) is 5.32 Å². The van der Waals surface area contributed by atoms with Crippen LogP contribution in [0.5, 0.6) is 0 Å². The second-order valence-corrected chi connectivity index (χ2v) is 4.45. The molecule has 0 radical (unpaired) electrons. The number of nitrogens with one attached hydrogen (secondary N) is 1. The fraction of sp³-hybridized carbons (Fsp3) is 0.385. The molecule has 5 nitrogen and oxygen atoms in total. The highest BCUT2D eigenvalue weighted by atomic mass is 19.4. The van der Waals surface area contributed by atoms with Crippen LogP contribution in [0.3, 0.4) is 0 Å². The molecule has 0 saturated carbocycles. The minimum Gasteiger partial charge on any atom is -0.480 e. The minimum atomic E-state index is -4.76. The third-order valence-electron chi connectivity index (χ3n) is 2.81. The summed E-state index contributed by atoms with van der Waals surface area (Å²) in [5, 5.41) is 11.5. The van der Waals surface area contributed by atoms with E-state index in [1.807, 2.05) is 0 Å². The van der Waals surface area contributed by atoms with E-state index in [9.17, 15) is 22.8 Å². The van der Waals surface area contributed by atoms with Crippen molar-refractivity contribution in [3.8, 4) is 0 Å². The Hall–Kier alpha value is -2.25. The second-order valence-electron chi connectivity index (χ2n) is 4.45. The highest BCUT2D eigenvalue weighted by Gasteiger charge is 2.35. The van der Waals surface area contributed by atoms with Gasteiger partial charge >= 0.3 is 12.1 Å². The zero-order valence-electron chi connectivity index (χ0n) is 11.2. The average molecular weight is 304 g/mol. The molecule has 0 aliphatic rings. The molecular formula is C13H15F3N2O3. The summed E-state index contributed by atoms with van der Waals surface area (Å²) in [7, 11) is 0. The summed E-state index contributed by atoms with van der Waals surface area (Å²) in [6, 6.07) is 1.81. The van der Waals surface area contributed by atoms with Crippen molar-refractivity contribution >= 4 is 17.6 Å². The lowest BCUT2D eigenvalue weighted by Crippen LogP contribution is -2.29. The molecule has 1 atom stereocenters. The van der Waals surface area contributed by atoms with Gasteiger partial charge in [0.2, 0.25) is 5.91 Å². The number of anilines is 1. The summed E-state index contributed by atoms with van der Waals surface area (Å²) in [4.78, 5) is 22.0. The summed E-state index contributed by atoms with van der Waals surface area (Å²) in [6.07, 6.45) is -3.95. The van der Waals surface area contributed by atoms with Crippen LogP contribution >= 0.6 is 0 Å². The topological polar surface area (TPSA) is 92.4 Å². The fourth-order valence-corrected chi connectivity index (χ4v) is 1.83. The Morgan fingerprint density at radius 3 is 2.43 bits per heavy atom. The van der Waals surface area contributed by atoms with Gasteiger partial charge in [-0.1, -0.05) is 13.3 Å². The molecule has 0 aliphatic carbocycles. The molecule has 21 heavy (non-hydrogen) atoms. The van der Waals surface area contributed by atoms with Gasteiger partial charge in [0.25, 0.3) is 0 Å². The van der Waals surface area contributed by atoms with Crippen molar-refractivity contribution in [1.82, 2.24) is 0 Å². The molecule has 0 heterocycles. The summed E-state index contributed by atoms with van der Waals surface area (Å²) >= 11 is 0. The van der Waals surface area contributed by atoms with Gasteiger partial charge < -0.3 is 16.2 Å². The van der Waals surface area contributed by atoms with Crippen LogP contribution in [0.25, 0.3) is 0 Å². The molecule has 1 amide bonds. The molecule has 4 N–H and O–H groups in total. The van der Waals surface area contributed by atoms with E-state index in [4.69, 9.17) is 10.8 Å². The Morgan fingerprint density at radius 1 is 1.38 bits per heavy atom. The first-order valence-corrected chi connectivity index (χ1v) is 6.17. The lowest BCUT2D eigenvalue weighted by molar-refractivity contribution is -0.138. The first-order chi connectivity index (χ1) is 9.66. The van der Waals surface area contributed by atoms with Crippen molar-refractivity contribution < 1.29 is 27.9 Å². The standard InChI is InChI=1S/C13H15F3N2O3/c1-2-3-10(12(20)21)18-7-4-5-8(11(17)19)9(6-7)13(14,15)16/h4-6,10,18H,2-3H2,1H3,(H2,17,19)(H,20,21). The van der Waals surface area contributed by atoms with Crippen molar-refractivity contribution in [1.29, 1.82) is 0 Å². The number of carbonyl (C=O) groups is 2. The highest BCUT2D eigenvalue weighted by molar-refractivity contribution is 5.95. The van der Waals surface area contributed by atoms with Gasteiger partial charge in [0.1, 0.15) is 6.04 Å². The van der Waals surface area contributed by atoms with Crippen LogP contribution in [0.1, 0.15) is 35.7 Å². The number of amides is 1. The number of benzene rings is 1. The van der Waals surface area contributed by atoms with Crippen LogP contribution in [-0.4, -0.2) is 23.0 Å². The molecule has 0 spiro atoms. The molecule has 0 fully saturated rings. The molecule has 0 saturated heterocycles. The van der Waals surface area contributed by atoms with Gasteiger partial charge in [0.05, 0.1) is 11.1 Å². The van der Waals surface area contributed by atoms with E-state index in [0.717, 1.165) is 6.07 Å². The van der Waals surface area contributed by atoms with E-state index in [2.05, 4.69) is 5.32 Å². The molecule has 1 aromatic rings. The molecule has 1 unspecified atom stereocenters. The number of nitrogens with two attached hydrogens (primary N) is 1. The van der Waals surface area contributed by atoms with Crippen LogP contribution in [0.4, 0.5) is 18.9 Å². The van der Waals surface area contributed by atoms with E-state index < -0.39 is 35.2 Å². The maximum Gasteiger partial charge on any atom is 0.417 e. The average Bonchev–Trinajstić information content (AvgIpc) is 2.36. The SMILES string of the molecule is CCCC(Nc1ccc(C(N)=O)c(C(F)(F)F)c1)C(=O)O. The Morgan fingerprint density at radius 2 is 2.00 bits per heavy atom. The molecule has 0 aromatic heterocycles. The maximum atomic E-state index is 12.9. The predicted molar refractivity (Wildman–Crippen MR) is 69.9 cm³/mol. The first kappa shape index (κ1) is 16.8. The summed E-state index contributed by atoms with van der Waals surface area (Å²) in [6.45, 7) is 1.76. The first-order valence-electron chi connectivity index (χ1n) is 6.17. The quantitative estimate of drug-likeness (QED) is 0.752. The number of carboxylic acids is 1. The van der Waals surface area contributed by atoms with Crippen LogP contribution in [0, 0.1) is 0 Å². The molecule has 0 bridgehead atoms. The van der Waals surface area contributed by atoms with Crippen molar-refractivity contribution in [3.63, 3.8) is 0 Å². The maximum absolute atomic E-state index is 12.9. The Bertz CT molecular complexity index is 544. The van der Waals surface area contributed by atoms with E-state index >= 15 is 0 Å². The van der Waals surface area contributed by atoms with Gasteiger partial charge in [0, 0.05) is 5.69 Å². The number of aliphatic carboxylic acids is 1. The number of rotatable bonds is 6. The minimum absolute atomic E-state index is 0.0341. The summed E-state index contributed by atoms with van der Waals surface area (Å²) in [5.41, 5.74) is 3.02. The second kappa shape index (κ2) is 6.47. The summed E-state index contributed by atoms with van der Waals surface area (Å²) in [5.74, 6) is -2.36. The van der Waals surface area contributed by atoms with Crippen LogP contribution < -0.4 is 11.1 Å².